The van der Waals surface area contributed by atoms with Crippen molar-refractivity contribution >= 4 is 23.7 Å². The molecule has 1 aromatic rings. The van der Waals surface area contributed by atoms with Gasteiger partial charge >= 0.3 is 0 Å². The van der Waals surface area contributed by atoms with Crippen molar-refractivity contribution in [1.82, 2.24) is 5.01 Å². The predicted octanol–water partition coefficient (Wildman–Crippen LogP) is 0.867. The highest BCUT2D eigenvalue weighted by molar-refractivity contribution is 6.07. The lowest BCUT2D eigenvalue weighted by Crippen LogP contribution is -2.30. The summed E-state index contributed by atoms with van der Waals surface area (Å²) in [5.74, 6) is -1.81. The Labute approximate surface area is 130 Å². The number of nitrogens with zero attached hydrogens (tertiary/aromatic N) is 3. The number of nitro groups is 1. The number of hydrogen-bond acceptors (Lipinski definition) is 6. The van der Waals surface area contributed by atoms with Gasteiger partial charge in [0.15, 0.2) is 0 Å². The number of nitro benzene ring substituents is 1. The third-order valence-electron chi connectivity index (χ3n) is 4.29. The Morgan fingerprint density at radius 1 is 1.17 bits per heavy atom. The summed E-state index contributed by atoms with van der Waals surface area (Å²) in [7, 11) is 0. The lowest BCUT2D eigenvalue weighted by Gasteiger charge is -2.11. The molecule has 4 rings (SSSR count). The van der Waals surface area contributed by atoms with E-state index in [1.165, 1.54) is 24.4 Å². The highest BCUT2D eigenvalue weighted by Gasteiger charge is 2.61. The molecule has 4 atom stereocenters. The van der Waals surface area contributed by atoms with Gasteiger partial charge in [0.05, 0.1) is 35.2 Å². The molecule has 0 radical (unpaired) electrons. The summed E-state index contributed by atoms with van der Waals surface area (Å²) in [5, 5.41) is 15.5. The smallest absolute Gasteiger partial charge is 0.270 e. The predicted molar refractivity (Wildman–Crippen MR) is 77.3 cm³/mol. The van der Waals surface area contributed by atoms with Gasteiger partial charge in [0.25, 0.3) is 17.5 Å². The summed E-state index contributed by atoms with van der Waals surface area (Å²) < 4.78 is 5.53. The van der Waals surface area contributed by atoms with Crippen LogP contribution < -0.4 is 0 Å². The van der Waals surface area contributed by atoms with Crippen molar-refractivity contribution in [1.29, 1.82) is 0 Å². The number of fused-ring (bicyclic) bond motifs is 5. The van der Waals surface area contributed by atoms with Crippen LogP contribution in [0.4, 0.5) is 5.69 Å². The molecule has 0 spiro atoms. The summed E-state index contributed by atoms with van der Waals surface area (Å²) in [5.41, 5.74) is 0.356. The second-order valence-corrected chi connectivity index (χ2v) is 5.59. The lowest BCUT2D eigenvalue weighted by atomic mass is 9.85. The van der Waals surface area contributed by atoms with Gasteiger partial charge in [-0.1, -0.05) is 24.3 Å². The fourth-order valence-electron chi connectivity index (χ4n) is 3.24. The molecule has 2 fully saturated rings. The zero-order chi connectivity index (χ0) is 16.1. The molecule has 0 N–H and O–H groups in total. The highest BCUT2D eigenvalue weighted by atomic mass is 16.6. The number of imide groups is 1. The Morgan fingerprint density at radius 3 is 2.43 bits per heavy atom. The van der Waals surface area contributed by atoms with E-state index in [0.29, 0.717) is 5.56 Å². The molecule has 116 valence electrons. The number of ether oxygens (including phenoxy) is 1. The molecule has 8 nitrogen and oxygen atoms in total. The van der Waals surface area contributed by atoms with Crippen LogP contribution in [0.2, 0.25) is 0 Å². The summed E-state index contributed by atoms with van der Waals surface area (Å²) in [4.78, 5) is 34.9. The Hall–Kier alpha value is -2.87. The van der Waals surface area contributed by atoms with E-state index in [1.54, 1.807) is 18.2 Å². The first kappa shape index (κ1) is 13.8. The van der Waals surface area contributed by atoms with E-state index in [9.17, 15) is 19.7 Å². The third kappa shape index (κ3) is 1.99. The Balaban J connectivity index is 1.58. The lowest BCUT2D eigenvalue weighted by molar-refractivity contribution is -0.384. The van der Waals surface area contributed by atoms with Gasteiger partial charge in [0, 0.05) is 17.7 Å². The Morgan fingerprint density at radius 2 is 1.83 bits per heavy atom. The van der Waals surface area contributed by atoms with Crippen molar-refractivity contribution in [3.63, 3.8) is 0 Å². The van der Waals surface area contributed by atoms with Gasteiger partial charge in [-0.2, -0.15) is 10.1 Å². The van der Waals surface area contributed by atoms with E-state index in [2.05, 4.69) is 5.10 Å². The Bertz CT molecular complexity index is 757. The second-order valence-electron chi connectivity index (χ2n) is 5.59. The van der Waals surface area contributed by atoms with Crippen LogP contribution in [0, 0.1) is 22.0 Å². The molecular weight excluding hydrogens is 302 g/mol. The number of non-ortho nitro benzene ring substituents is 1. The van der Waals surface area contributed by atoms with E-state index in [1.807, 2.05) is 0 Å². The maximum absolute atomic E-state index is 12.4. The number of amides is 2. The van der Waals surface area contributed by atoms with Crippen molar-refractivity contribution < 1.29 is 19.2 Å². The molecule has 1 aromatic carbocycles. The van der Waals surface area contributed by atoms with Crippen LogP contribution in [0.15, 0.2) is 41.5 Å². The minimum Gasteiger partial charge on any atom is -0.365 e. The first-order valence-electron chi connectivity index (χ1n) is 7.06. The highest BCUT2D eigenvalue weighted by Crippen LogP contribution is 2.45. The van der Waals surface area contributed by atoms with Crippen LogP contribution in [-0.4, -0.2) is 40.2 Å². The molecule has 0 aliphatic carbocycles. The van der Waals surface area contributed by atoms with Gasteiger partial charge < -0.3 is 4.74 Å². The van der Waals surface area contributed by atoms with Gasteiger partial charge in [-0.15, -0.1) is 0 Å². The SMILES string of the molecule is O=C1[C@H]2[C@H](C(=O)N1/N=C\c1cccc([N+](=O)[O-])c1)[C@H]1C=C[C@H]2O1. The number of rotatable bonds is 3. The number of carbonyl (C=O) groups is 2. The average molecular weight is 313 g/mol. The molecule has 3 aliphatic heterocycles. The van der Waals surface area contributed by atoms with Gasteiger partial charge in [-0.3, -0.25) is 19.7 Å². The van der Waals surface area contributed by atoms with E-state index in [0.717, 1.165) is 5.01 Å². The fraction of sp³-hybridized carbons (Fsp3) is 0.267. The van der Waals surface area contributed by atoms with Crippen molar-refractivity contribution in [2.45, 2.75) is 12.2 Å². The average Bonchev–Trinajstić information content (AvgIpc) is 3.21. The third-order valence-corrected chi connectivity index (χ3v) is 4.29. The molecular formula is C15H11N3O5. The van der Waals surface area contributed by atoms with Crippen LogP contribution in [0.1, 0.15) is 5.56 Å². The first-order valence-corrected chi connectivity index (χ1v) is 7.06. The van der Waals surface area contributed by atoms with E-state index < -0.39 is 28.6 Å². The molecule has 0 unspecified atom stereocenters. The van der Waals surface area contributed by atoms with Crippen LogP contribution in [0.5, 0.6) is 0 Å². The molecule has 3 heterocycles. The van der Waals surface area contributed by atoms with Crippen LogP contribution in [0.3, 0.4) is 0 Å². The van der Waals surface area contributed by atoms with E-state index >= 15 is 0 Å². The van der Waals surface area contributed by atoms with Crippen LogP contribution >= 0.6 is 0 Å². The van der Waals surface area contributed by atoms with Crippen LogP contribution in [0.25, 0.3) is 0 Å². The normalized spacial score (nSPS) is 31.4. The van der Waals surface area contributed by atoms with Crippen LogP contribution in [-0.2, 0) is 14.3 Å². The monoisotopic (exact) mass is 313 g/mol. The van der Waals surface area contributed by atoms with Crippen molar-refractivity contribution in [3.05, 3.63) is 52.1 Å². The maximum Gasteiger partial charge on any atom is 0.270 e. The van der Waals surface area contributed by atoms with E-state index in [-0.39, 0.29) is 17.9 Å². The summed E-state index contributed by atoms with van der Waals surface area (Å²) in [6.45, 7) is 0. The topological polar surface area (TPSA) is 102 Å². The zero-order valence-corrected chi connectivity index (χ0v) is 11.7. The molecule has 0 saturated carbocycles. The first-order chi connectivity index (χ1) is 11.1. The van der Waals surface area contributed by atoms with Crippen molar-refractivity contribution in [3.8, 4) is 0 Å². The molecule has 2 bridgehead atoms. The van der Waals surface area contributed by atoms with Gasteiger partial charge in [0.2, 0.25) is 0 Å². The summed E-state index contributed by atoms with van der Waals surface area (Å²) in [6, 6.07) is 5.80. The maximum atomic E-state index is 12.4. The zero-order valence-electron chi connectivity index (χ0n) is 11.7. The number of carbonyl (C=O) groups excluding carboxylic acids is 2. The van der Waals surface area contributed by atoms with Gasteiger partial charge in [-0.25, -0.2) is 0 Å². The minimum absolute atomic E-state index is 0.0828. The molecule has 8 heteroatoms. The van der Waals surface area contributed by atoms with Crippen molar-refractivity contribution in [2.75, 3.05) is 0 Å². The summed E-state index contributed by atoms with van der Waals surface area (Å²) >= 11 is 0. The molecule has 2 amide bonds. The number of hydrazone groups is 1. The fourth-order valence-corrected chi connectivity index (χ4v) is 3.24. The number of benzene rings is 1. The quantitative estimate of drug-likeness (QED) is 0.271. The summed E-state index contributed by atoms with van der Waals surface area (Å²) in [6.07, 6.45) is 4.15. The molecule has 0 aromatic heterocycles. The second kappa shape index (κ2) is 4.82. The minimum atomic E-state index is -0.519. The van der Waals surface area contributed by atoms with E-state index in [4.69, 9.17) is 4.74 Å². The Kier molecular flexibility index (Phi) is 2.88. The van der Waals surface area contributed by atoms with Gasteiger partial charge in [0.1, 0.15) is 0 Å². The molecule has 23 heavy (non-hydrogen) atoms. The molecule has 3 aliphatic rings. The standard InChI is InChI=1S/C15H11N3O5/c19-14-12-10-4-5-11(23-10)13(12)15(20)17(14)16-7-8-2-1-3-9(6-8)18(21)22/h1-7,10-13H/b16-7-/t10-,11-,12-,13-/m1/s1. The van der Waals surface area contributed by atoms with Gasteiger partial charge in [-0.05, 0) is 0 Å². The largest absolute Gasteiger partial charge is 0.365 e. The number of hydrogen-bond donors (Lipinski definition) is 0. The van der Waals surface area contributed by atoms with Crippen molar-refractivity contribution in [2.24, 2.45) is 16.9 Å². The molecule has 2 saturated heterocycles.